The van der Waals surface area contributed by atoms with Crippen LogP contribution in [-0.2, 0) is 9.63 Å². The minimum atomic E-state index is -0.851. The van der Waals surface area contributed by atoms with Crippen LogP contribution in [0.3, 0.4) is 0 Å². The van der Waals surface area contributed by atoms with Crippen molar-refractivity contribution in [1.29, 1.82) is 0 Å². The molecule has 1 aliphatic heterocycles. The maximum Gasteiger partial charge on any atom is 0.295 e. The van der Waals surface area contributed by atoms with Crippen molar-refractivity contribution < 1.29 is 23.6 Å². The number of aromatic amines is 1. The van der Waals surface area contributed by atoms with Crippen molar-refractivity contribution in [2.75, 3.05) is 26.2 Å². The monoisotopic (exact) mass is 477 g/mol. The summed E-state index contributed by atoms with van der Waals surface area (Å²) in [5, 5.41) is 3.69. The number of hydrogen-bond acceptors (Lipinski definition) is 5. The molecule has 35 heavy (non-hydrogen) atoms. The molecule has 0 bridgehead atoms. The average molecular weight is 477 g/mol. The smallest absolute Gasteiger partial charge is 0.295 e. The molecule has 2 amide bonds. The topological polar surface area (TPSA) is 121 Å². The van der Waals surface area contributed by atoms with E-state index in [0.29, 0.717) is 24.2 Å². The fourth-order valence-electron chi connectivity index (χ4n) is 3.93. The SMILES string of the molecule is C/C=C/O/N=C(/N)c1ccc(F)c2c(C(=O)C(=O)N3CCN(C(=O)c4ccccc4)CC3)c[nH]c12. The number of amides is 2. The normalized spacial score (nSPS) is 14.5. The highest BCUT2D eigenvalue weighted by atomic mass is 19.1. The van der Waals surface area contributed by atoms with Gasteiger partial charge in [-0.3, -0.25) is 14.4 Å². The minimum absolute atomic E-state index is 0.0283. The Morgan fingerprint density at radius 1 is 1.03 bits per heavy atom. The van der Waals surface area contributed by atoms with Crippen LogP contribution in [0.15, 0.2) is 66.2 Å². The van der Waals surface area contributed by atoms with Gasteiger partial charge in [-0.05, 0) is 37.3 Å². The van der Waals surface area contributed by atoms with E-state index >= 15 is 0 Å². The van der Waals surface area contributed by atoms with E-state index in [-0.39, 0.29) is 41.3 Å². The number of oxime groups is 1. The zero-order valence-electron chi connectivity index (χ0n) is 19.0. The third-order valence-corrected chi connectivity index (χ3v) is 5.72. The zero-order valence-corrected chi connectivity index (χ0v) is 19.0. The average Bonchev–Trinajstić information content (AvgIpc) is 3.34. The molecule has 4 rings (SSSR count). The van der Waals surface area contributed by atoms with Crippen LogP contribution in [0.4, 0.5) is 4.39 Å². The summed E-state index contributed by atoms with van der Waals surface area (Å²) in [6.45, 7) is 2.71. The van der Waals surface area contributed by atoms with Crippen molar-refractivity contribution in [1.82, 2.24) is 14.8 Å². The van der Waals surface area contributed by atoms with E-state index < -0.39 is 17.5 Å². The Hall–Kier alpha value is -4.47. The predicted molar refractivity (Wildman–Crippen MR) is 128 cm³/mol. The Morgan fingerprint density at radius 3 is 2.40 bits per heavy atom. The maximum absolute atomic E-state index is 14.7. The van der Waals surface area contributed by atoms with E-state index in [0.717, 1.165) is 6.07 Å². The fourth-order valence-corrected chi connectivity index (χ4v) is 3.93. The van der Waals surface area contributed by atoms with Gasteiger partial charge in [-0.15, -0.1) is 0 Å². The molecule has 180 valence electrons. The van der Waals surface area contributed by atoms with Crippen molar-refractivity contribution in [2.24, 2.45) is 10.9 Å². The second-order valence-corrected chi connectivity index (χ2v) is 7.88. The van der Waals surface area contributed by atoms with Gasteiger partial charge in [-0.1, -0.05) is 23.4 Å². The highest BCUT2D eigenvalue weighted by Crippen LogP contribution is 2.26. The third-order valence-electron chi connectivity index (χ3n) is 5.72. The predicted octanol–water partition coefficient (Wildman–Crippen LogP) is 2.64. The molecule has 9 nitrogen and oxygen atoms in total. The lowest BCUT2D eigenvalue weighted by Gasteiger charge is -2.34. The fraction of sp³-hybridized carbons (Fsp3) is 0.200. The largest absolute Gasteiger partial charge is 0.380 e. The Kier molecular flexibility index (Phi) is 6.91. The standard InChI is InChI=1S/C25H24FN5O4/c1-2-14-35-29-23(27)17-8-9-19(26)20-18(15-28-21(17)20)22(32)25(34)31-12-10-30(11-13-31)24(33)16-6-4-3-5-7-16/h2-9,14-15,28H,10-13H2,1H3,(H2,27,29)/b14-2+. The number of nitrogens with zero attached hydrogens (tertiary/aromatic N) is 3. The Morgan fingerprint density at radius 2 is 1.71 bits per heavy atom. The number of H-pyrrole nitrogens is 1. The first kappa shape index (κ1) is 23.7. The molecule has 3 aromatic rings. The molecule has 1 aliphatic rings. The Balaban J connectivity index is 1.51. The van der Waals surface area contributed by atoms with E-state index in [2.05, 4.69) is 10.1 Å². The van der Waals surface area contributed by atoms with Crippen LogP contribution in [0, 0.1) is 5.82 Å². The zero-order chi connectivity index (χ0) is 24.9. The van der Waals surface area contributed by atoms with Gasteiger partial charge in [0.15, 0.2) is 5.84 Å². The van der Waals surface area contributed by atoms with Gasteiger partial charge < -0.3 is 25.4 Å². The first-order valence-corrected chi connectivity index (χ1v) is 11.0. The van der Waals surface area contributed by atoms with Gasteiger partial charge in [0.05, 0.1) is 11.1 Å². The minimum Gasteiger partial charge on any atom is -0.380 e. The van der Waals surface area contributed by atoms with Crippen LogP contribution in [0.1, 0.15) is 33.2 Å². The van der Waals surface area contributed by atoms with E-state index in [9.17, 15) is 18.8 Å². The van der Waals surface area contributed by atoms with Gasteiger partial charge in [0.2, 0.25) is 0 Å². The number of carbonyl (C=O) groups is 3. The number of fused-ring (bicyclic) bond motifs is 1. The summed E-state index contributed by atoms with van der Waals surface area (Å²) >= 11 is 0. The second-order valence-electron chi connectivity index (χ2n) is 7.88. The number of Topliss-reactive ketones (excluding diaryl/α,β-unsaturated/α-hetero) is 1. The van der Waals surface area contributed by atoms with Crippen molar-refractivity contribution in [3.63, 3.8) is 0 Å². The number of amidine groups is 1. The molecule has 1 saturated heterocycles. The van der Waals surface area contributed by atoms with Crippen molar-refractivity contribution in [3.05, 3.63) is 83.5 Å². The third kappa shape index (κ3) is 4.77. The summed E-state index contributed by atoms with van der Waals surface area (Å²) in [6, 6.07) is 11.4. The summed E-state index contributed by atoms with van der Waals surface area (Å²) in [5.74, 6) is -2.45. The Labute approximate surface area is 200 Å². The summed E-state index contributed by atoms with van der Waals surface area (Å²) in [4.78, 5) is 49.4. The lowest BCUT2D eigenvalue weighted by molar-refractivity contribution is -0.127. The molecule has 1 fully saturated rings. The summed E-state index contributed by atoms with van der Waals surface area (Å²) in [5.41, 5.74) is 6.96. The number of halogens is 1. The summed E-state index contributed by atoms with van der Waals surface area (Å²) in [6.07, 6.45) is 4.22. The molecule has 0 saturated carbocycles. The van der Waals surface area contributed by atoms with Crippen LogP contribution in [0.25, 0.3) is 10.9 Å². The molecule has 1 aromatic heterocycles. The van der Waals surface area contributed by atoms with E-state index in [1.165, 1.54) is 23.4 Å². The van der Waals surface area contributed by atoms with Crippen LogP contribution >= 0.6 is 0 Å². The number of nitrogens with two attached hydrogens (primary N) is 1. The number of ketones is 1. The molecule has 0 spiro atoms. The number of allylic oxidation sites excluding steroid dienone is 1. The van der Waals surface area contributed by atoms with Crippen molar-refractivity contribution in [2.45, 2.75) is 6.92 Å². The molecule has 10 heteroatoms. The van der Waals surface area contributed by atoms with Gasteiger partial charge in [0.25, 0.3) is 17.6 Å². The molecular weight excluding hydrogens is 453 g/mol. The van der Waals surface area contributed by atoms with E-state index in [4.69, 9.17) is 10.6 Å². The number of piperazine rings is 1. The van der Waals surface area contributed by atoms with Crippen LogP contribution < -0.4 is 5.73 Å². The van der Waals surface area contributed by atoms with Crippen LogP contribution in [-0.4, -0.2) is 64.4 Å². The number of rotatable bonds is 6. The van der Waals surface area contributed by atoms with E-state index in [1.807, 2.05) is 6.07 Å². The molecule has 3 N–H and O–H groups in total. The van der Waals surface area contributed by atoms with Crippen molar-refractivity contribution in [3.8, 4) is 0 Å². The van der Waals surface area contributed by atoms with Gasteiger partial charge in [-0.25, -0.2) is 4.39 Å². The van der Waals surface area contributed by atoms with Crippen LogP contribution in [0.2, 0.25) is 0 Å². The van der Waals surface area contributed by atoms with E-state index in [1.54, 1.807) is 42.2 Å². The number of aromatic nitrogens is 1. The van der Waals surface area contributed by atoms with Gasteiger partial charge in [0, 0.05) is 48.9 Å². The molecule has 0 unspecified atom stereocenters. The highest BCUT2D eigenvalue weighted by molar-refractivity contribution is 6.45. The number of carbonyl (C=O) groups excluding carboxylic acids is 3. The number of hydrogen-bond donors (Lipinski definition) is 2. The van der Waals surface area contributed by atoms with Gasteiger partial charge >= 0.3 is 0 Å². The second kappa shape index (κ2) is 10.2. The number of benzene rings is 2. The molecule has 0 atom stereocenters. The molecular formula is C25H24FN5O4. The lowest BCUT2D eigenvalue weighted by atomic mass is 10.0. The maximum atomic E-state index is 14.7. The quantitative estimate of drug-likeness (QED) is 0.141. The molecule has 0 aliphatic carbocycles. The summed E-state index contributed by atoms with van der Waals surface area (Å²) < 4.78 is 14.7. The first-order chi connectivity index (χ1) is 16.9. The van der Waals surface area contributed by atoms with Crippen LogP contribution in [0.5, 0.6) is 0 Å². The van der Waals surface area contributed by atoms with Gasteiger partial charge in [0.1, 0.15) is 12.1 Å². The van der Waals surface area contributed by atoms with Crippen molar-refractivity contribution >= 4 is 34.3 Å². The molecule has 2 heterocycles. The van der Waals surface area contributed by atoms with Gasteiger partial charge in [-0.2, -0.15) is 0 Å². The lowest BCUT2D eigenvalue weighted by Crippen LogP contribution is -2.52. The Bertz CT molecular complexity index is 1320. The number of nitrogens with one attached hydrogen (secondary N) is 1. The summed E-state index contributed by atoms with van der Waals surface area (Å²) in [7, 11) is 0. The first-order valence-electron chi connectivity index (χ1n) is 11.0. The highest BCUT2D eigenvalue weighted by Gasteiger charge is 2.31. The molecule has 2 aromatic carbocycles. The molecule has 0 radical (unpaired) electrons.